The number of carbonyl (C=O) groups excluding carboxylic acids is 1. The van der Waals surface area contributed by atoms with Crippen LogP contribution in [0.15, 0.2) is 41.8 Å². The zero-order chi connectivity index (χ0) is 13.7. The van der Waals surface area contributed by atoms with E-state index in [2.05, 4.69) is 6.07 Å². The first-order valence-corrected chi connectivity index (χ1v) is 6.86. The molecule has 2 aromatic rings. The fourth-order valence-corrected chi connectivity index (χ4v) is 2.47. The summed E-state index contributed by atoms with van der Waals surface area (Å²) < 4.78 is 0. The molecule has 1 aromatic heterocycles. The first-order valence-electron chi connectivity index (χ1n) is 5.98. The zero-order valence-electron chi connectivity index (χ0n) is 10.7. The van der Waals surface area contributed by atoms with Gasteiger partial charge in [0.05, 0.1) is 11.6 Å². The first-order chi connectivity index (χ1) is 9.20. The Hall–Kier alpha value is -2.12. The summed E-state index contributed by atoms with van der Waals surface area (Å²) in [5, 5.41) is 10.9. The Morgan fingerprint density at radius 3 is 2.89 bits per heavy atom. The van der Waals surface area contributed by atoms with Crippen LogP contribution in [-0.4, -0.2) is 24.4 Å². The van der Waals surface area contributed by atoms with E-state index in [4.69, 9.17) is 5.26 Å². The van der Waals surface area contributed by atoms with E-state index >= 15 is 0 Å². The van der Waals surface area contributed by atoms with E-state index in [1.165, 1.54) is 4.88 Å². The standard InChI is InChI=1S/C15H14N2OS/c1-17(8-7-14-6-3-9-19-14)15(18)13-5-2-4-12(10-13)11-16/h2-6,9-10H,7-8H2,1H3. The van der Waals surface area contributed by atoms with Crippen LogP contribution in [0.4, 0.5) is 0 Å². The fourth-order valence-electron chi connectivity index (χ4n) is 1.78. The summed E-state index contributed by atoms with van der Waals surface area (Å²) >= 11 is 1.70. The molecule has 0 saturated heterocycles. The molecular weight excluding hydrogens is 256 g/mol. The topological polar surface area (TPSA) is 44.1 Å². The summed E-state index contributed by atoms with van der Waals surface area (Å²) in [5.74, 6) is -0.0475. The third-order valence-electron chi connectivity index (χ3n) is 2.86. The molecule has 1 aromatic carbocycles. The Labute approximate surface area is 116 Å². The van der Waals surface area contributed by atoms with Crippen LogP contribution in [0.1, 0.15) is 20.8 Å². The zero-order valence-corrected chi connectivity index (χ0v) is 11.5. The van der Waals surface area contributed by atoms with Crippen LogP contribution in [0.3, 0.4) is 0 Å². The van der Waals surface area contributed by atoms with E-state index < -0.39 is 0 Å². The van der Waals surface area contributed by atoms with Crippen molar-refractivity contribution in [2.24, 2.45) is 0 Å². The predicted octanol–water partition coefficient (Wildman–Crippen LogP) is 2.93. The van der Waals surface area contributed by atoms with E-state index in [1.807, 2.05) is 17.5 Å². The molecule has 1 amide bonds. The SMILES string of the molecule is CN(CCc1cccs1)C(=O)c1cccc(C#N)c1. The molecule has 4 heteroatoms. The highest BCUT2D eigenvalue weighted by Crippen LogP contribution is 2.11. The van der Waals surface area contributed by atoms with Crippen molar-refractivity contribution < 1.29 is 4.79 Å². The second-order valence-corrected chi connectivity index (χ2v) is 5.28. The van der Waals surface area contributed by atoms with Crippen LogP contribution in [-0.2, 0) is 6.42 Å². The Balaban J connectivity index is 2.00. The summed E-state index contributed by atoms with van der Waals surface area (Å²) in [7, 11) is 1.79. The molecule has 3 nitrogen and oxygen atoms in total. The number of thiophene rings is 1. The van der Waals surface area contributed by atoms with Gasteiger partial charge in [0.1, 0.15) is 0 Å². The Kier molecular flexibility index (Phi) is 4.32. The van der Waals surface area contributed by atoms with Gasteiger partial charge in [0, 0.05) is 24.0 Å². The lowest BCUT2D eigenvalue weighted by Crippen LogP contribution is -2.28. The molecule has 0 unspecified atom stereocenters. The summed E-state index contributed by atoms with van der Waals surface area (Å²) in [4.78, 5) is 15.2. The third kappa shape index (κ3) is 3.43. The number of benzene rings is 1. The number of rotatable bonds is 4. The van der Waals surface area contributed by atoms with Gasteiger partial charge >= 0.3 is 0 Å². The third-order valence-corrected chi connectivity index (χ3v) is 3.80. The molecule has 0 aliphatic carbocycles. The van der Waals surface area contributed by atoms with E-state index in [-0.39, 0.29) is 5.91 Å². The molecular formula is C15H14N2OS. The smallest absolute Gasteiger partial charge is 0.253 e. The van der Waals surface area contributed by atoms with Crippen molar-refractivity contribution in [1.29, 1.82) is 5.26 Å². The first kappa shape index (κ1) is 13.3. The van der Waals surface area contributed by atoms with E-state index in [0.717, 1.165) is 6.42 Å². The molecule has 96 valence electrons. The minimum atomic E-state index is -0.0475. The quantitative estimate of drug-likeness (QED) is 0.857. The van der Waals surface area contributed by atoms with E-state index in [1.54, 1.807) is 47.5 Å². The highest BCUT2D eigenvalue weighted by Gasteiger charge is 2.12. The molecule has 0 radical (unpaired) electrons. The summed E-state index contributed by atoms with van der Waals surface area (Å²) in [6.45, 7) is 0.677. The van der Waals surface area contributed by atoms with Gasteiger partial charge in [0.15, 0.2) is 0 Å². The molecule has 19 heavy (non-hydrogen) atoms. The molecule has 0 saturated carbocycles. The van der Waals surface area contributed by atoms with Gasteiger partial charge in [-0.2, -0.15) is 5.26 Å². The van der Waals surface area contributed by atoms with Crippen LogP contribution >= 0.6 is 11.3 Å². The Morgan fingerprint density at radius 2 is 2.21 bits per heavy atom. The number of likely N-dealkylation sites (N-methyl/N-ethyl adjacent to an activating group) is 1. The number of nitriles is 1. The summed E-state index contributed by atoms with van der Waals surface area (Å²) in [5.41, 5.74) is 1.07. The maximum atomic E-state index is 12.2. The maximum Gasteiger partial charge on any atom is 0.253 e. The van der Waals surface area contributed by atoms with Gasteiger partial charge in [-0.1, -0.05) is 12.1 Å². The van der Waals surface area contributed by atoms with Crippen LogP contribution in [0.5, 0.6) is 0 Å². The van der Waals surface area contributed by atoms with Crippen LogP contribution < -0.4 is 0 Å². The fraction of sp³-hybridized carbons (Fsp3) is 0.200. The van der Waals surface area contributed by atoms with Crippen LogP contribution in [0, 0.1) is 11.3 Å². The molecule has 0 aliphatic heterocycles. The number of nitrogens with zero attached hydrogens (tertiary/aromatic N) is 2. The molecule has 2 rings (SSSR count). The molecule has 0 fully saturated rings. The van der Waals surface area contributed by atoms with Gasteiger partial charge in [-0.3, -0.25) is 4.79 Å². The van der Waals surface area contributed by atoms with Crippen molar-refractivity contribution in [1.82, 2.24) is 4.90 Å². The normalized spacial score (nSPS) is 9.89. The van der Waals surface area contributed by atoms with Crippen molar-refractivity contribution in [3.8, 4) is 6.07 Å². The van der Waals surface area contributed by atoms with Gasteiger partial charge in [0.2, 0.25) is 0 Å². The summed E-state index contributed by atoms with van der Waals surface area (Å²) in [6.07, 6.45) is 0.859. The van der Waals surface area contributed by atoms with Gasteiger partial charge in [-0.05, 0) is 36.1 Å². The van der Waals surface area contributed by atoms with Crippen molar-refractivity contribution in [3.63, 3.8) is 0 Å². The molecule has 0 atom stereocenters. The van der Waals surface area contributed by atoms with Gasteiger partial charge in [-0.15, -0.1) is 11.3 Å². The molecule has 0 bridgehead atoms. The molecule has 0 N–H and O–H groups in total. The lowest BCUT2D eigenvalue weighted by atomic mass is 10.1. The molecule has 0 aliphatic rings. The molecule has 0 spiro atoms. The molecule has 1 heterocycles. The second-order valence-electron chi connectivity index (χ2n) is 4.25. The lowest BCUT2D eigenvalue weighted by molar-refractivity contribution is 0.0797. The maximum absolute atomic E-state index is 12.2. The van der Waals surface area contributed by atoms with Crippen LogP contribution in [0.2, 0.25) is 0 Å². The van der Waals surface area contributed by atoms with Gasteiger partial charge in [0.25, 0.3) is 5.91 Å². The predicted molar refractivity (Wildman–Crippen MR) is 76.1 cm³/mol. The number of amides is 1. The lowest BCUT2D eigenvalue weighted by Gasteiger charge is -2.16. The Morgan fingerprint density at radius 1 is 1.37 bits per heavy atom. The number of carbonyl (C=O) groups is 1. The van der Waals surface area contributed by atoms with E-state index in [9.17, 15) is 4.79 Å². The van der Waals surface area contributed by atoms with Gasteiger partial charge < -0.3 is 4.90 Å². The van der Waals surface area contributed by atoms with Crippen molar-refractivity contribution >= 4 is 17.2 Å². The summed E-state index contributed by atoms with van der Waals surface area (Å²) in [6, 6.07) is 12.9. The average Bonchev–Trinajstić information content (AvgIpc) is 2.97. The minimum absolute atomic E-state index is 0.0475. The van der Waals surface area contributed by atoms with Crippen LogP contribution in [0.25, 0.3) is 0 Å². The second kappa shape index (κ2) is 6.17. The van der Waals surface area contributed by atoms with Crippen molar-refractivity contribution in [2.45, 2.75) is 6.42 Å². The minimum Gasteiger partial charge on any atom is -0.341 e. The highest BCUT2D eigenvalue weighted by molar-refractivity contribution is 7.09. The largest absolute Gasteiger partial charge is 0.341 e. The van der Waals surface area contributed by atoms with Crippen molar-refractivity contribution in [2.75, 3.05) is 13.6 Å². The number of hydrogen-bond acceptors (Lipinski definition) is 3. The number of hydrogen-bond donors (Lipinski definition) is 0. The highest BCUT2D eigenvalue weighted by atomic mass is 32.1. The van der Waals surface area contributed by atoms with Gasteiger partial charge in [-0.25, -0.2) is 0 Å². The van der Waals surface area contributed by atoms with Crippen molar-refractivity contribution in [3.05, 3.63) is 57.8 Å². The Bertz CT molecular complexity index is 599. The monoisotopic (exact) mass is 270 g/mol. The average molecular weight is 270 g/mol. The van der Waals surface area contributed by atoms with E-state index in [0.29, 0.717) is 17.7 Å².